The Bertz CT molecular complexity index is 593. The van der Waals surface area contributed by atoms with Crippen LogP contribution in [0.1, 0.15) is 37.6 Å². The number of nitrogens with one attached hydrogen (secondary N) is 1. The molecular weight excluding hydrogens is 312 g/mol. The third-order valence-electron chi connectivity index (χ3n) is 5.44. The van der Waals surface area contributed by atoms with Crippen LogP contribution in [0.15, 0.2) is 4.63 Å². The van der Waals surface area contributed by atoms with Gasteiger partial charge in [0.05, 0.1) is 18.6 Å². The summed E-state index contributed by atoms with van der Waals surface area (Å²) in [7, 11) is 1.87. The van der Waals surface area contributed by atoms with E-state index >= 15 is 0 Å². The second kappa shape index (κ2) is 6.42. The van der Waals surface area contributed by atoms with E-state index in [2.05, 4.69) is 20.3 Å². The molecule has 24 heavy (non-hydrogen) atoms. The zero-order chi connectivity index (χ0) is 17.4. The van der Waals surface area contributed by atoms with E-state index in [9.17, 15) is 9.90 Å². The molecule has 0 radical (unpaired) electrons. The summed E-state index contributed by atoms with van der Waals surface area (Å²) < 4.78 is 10.7. The molecule has 1 aromatic heterocycles. The second-order valence-corrected chi connectivity index (χ2v) is 7.23. The maximum atomic E-state index is 12.4. The summed E-state index contributed by atoms with van der Waals surface area (Å²) >= 11 is 0. The molecule has 3 rings (SSSR count). The van der Waals surface area contributed by atoms with Gasteiger partial charge in [0, 0.05) is 19.1 Å². The molecule has 2 N–H and O–H groups in total. The van der Waals surface area contributed by atoms with Gasteiger partial charge >= 0.3 is 0 Å². The zero-order valence-electron chi connectivity index (χ0n) is 14.5. The number of likely N-dealkylation sites (N-methyl/N-ethyl adjacent to an activating group) is 1. The number of hydrogen-bond donors (Lipinski definition) is 2. The Labute approximate surface area is 141 Å². The molecule has 0 aliphatic carbocycles. The van der Waals surface area contributed by atoms with E-state index in [1.54, 1.807) is 13.8 Å². The summed E-state index contributed by atoms with van der Waals surface area (Å²) in [5.74, 6) is 0.0385. The van der Waals surface area contributed by atoms with E-state index in [-0.39, 0.29) is 24.0 Å². The van der Waals surface area contributed by atoms with Crippen LogP contribution in [0.4, 0.5) is 0 Å². The van der Waals surface area contributed by atoms with E-state index < -0.39 is 5.60 Å². The number of aryl methyl sites for hydroxylation is 1. The number of aromatic nitrogens is 2. The van der Waals surface area contributed by atoms with Crippen LogP contribution in [-0.2, 0) is 16.0 Å². The third-order valence-corrected chi connectivity index (χ3v) is 5.44. The molecule has 1 spiro atoms. The number of amides is 1. The molecule has 0 bridgehead atoms. The molecule has 2 aliphatic heterocycles. The van der Waals surface area contributed by atoms with Crippen LogP contribution in [0.25, 0.3) is 0 Å². The molecule has 2 aliphatic rings. The zero-order valence-corrected chi connectivity index (χ0v) is 14.5. The standard InChI is InChI=1S/C16H26N4O4/c1-11-12(19-24-18-11)8-14(21)20-6-4-16(5-7-20)9-13(17-3)15(2,22)10-23-16/h13,17,22H,4-10H2,1-3H3/t13-,15-/m0/s1. The summed E-state index contributed by atoms with van der Waals surface area (Å²) in [6.07, 6.45) is 2.54. The molecule has 0 unspecified atom stereocenters. The Hall–Kier alpha value is -1.51. The minimum absolute atomic E-state index is 0.00245. The Balaban J connectivity index is 1.57. The predicted molar refractivity (Wildman–Crippen MR) is 85.3 cm³/mol. The fourth-order valence-corrected chi connectivity index (χ4v) is 3.64. The number of ether oxygens (including phenoxy) is 1. The molecule has 3 heterocycles. The molecular formula is C16H26N4O4. The highest BCUT2D eigenvalue weighted by molar-refractivity contribution is 5.78. The Kier molecular flexibility index (Phi) is 4.63. The lowest BCUT2D eigenvalue weighted by Crippen LogP contribution is -2.62. The molecule has 2 saturated heterocycles. The molecule has 134 valence electrons. The third kappa shape index (κ3) is 3.31. The van der Waals surface area contributed by atoms with Gasteiger partial charge < -0.3 is 20.1 Å². The van der Waals surface area contributed by atoms with Crippen molar-refractivity contribution in [2.75, 3.05) is 26.7 Å². The maximum Gasteiger partial charge on any atom is 0.228 e. The summed E-state index contributed by atoms with van der Waals surface area (Å²) in [4.78, 5) is 14.3. The van der Waals surface area contributed by atoms with Crippen molar-refractivity contribution in [1.29, 1.82) is 0 Å². The monoisotopic (exact) mass is 338 g/mol. The fourth-order valence-electron chi connectivity index (χ4n) is 3.64. The van der Waals surface area contributed by atoms with E-state index in [0.29, 0.717) is 31.1 Å². The predicted octanol–water partition coefficient (Wildman–Crippen LogP) is 0.0410. The first-order chi connectivity index (χ1) is 11.4. The first-order valence-corrected chi connectivity index (χ1v) is 8.45. The first-order valence-electron chi connectivity index (χ1n) is 8.45. The summed E-state index contributed by atoms with van der Waals surface area (Å²) in [5, 5.41) is 21.1. The topological polar surface area (TPSA) is 101 Å². The fraction of sp³-hybridized carbons (Fsp3) is 0.812. The molecule has 8 heteroatoms. The molecule has 0 aromatic carbocycles. The number of carbonyl (C=O) groups excluding carboxylic acids is 1. The van der Waals surface area contributed by atoms with Gasteiger partial charge in [0.25, 0.3) is 0 Å². The highest BCUT2D eigenvalue weighted by Crippen LogP contribution is 2.38. The minimum atomic E-state index is -0.857. The van der Waals surface area contributed by atoms with Crippen molar-refractivity contribution in [1.82, 2.24) is 20.5 Å². The number of piperidine rings is 1. The molecule has 1 amide bonds. The lowest BCUT2D eigenvalue weighted by Gasteiger charge is -2.50. The van der Waals surface area contributed by atoms with Gasteiger partial charge in [-0.25, -0.2) is 4.63 Å². The van der Waals surface area contributed by atoms with Gasteiger partial charge in [0.2, 0.25) is 5.91 Å². The van der Waals surface area contributed by atoms with Crippen molar-refractivity contribution in [3.05, 3.63) is 11.4 Å². The SMILES string of the molecule is CN[C@H]1CC2(CCN(C(=O)Cc3nonc3C)CC2)OC[C@]1(C)O. The van der Waals surface area contributed by atoms with E-state index in [4.69, 9.17) is 4.74 Å². The van der Waals surface area contributed by atoms with Gasteiger partial charge in [-0.3, -0.25) is 4.79 Å². The van der Waals surface area contributed by atoms with Gasteiger partial charge in [-0.05, 0) is 40.2 Å². The molecule has 2 atom stereocenters. The van der Waals surface area contributed by atoms with E-state index in [1.165, 1.54) is 0 Å². The van der Waals surface area contributed by atoms with Crippen molar-refractivity contribution in [3.8, 4) is 0 Å². The average Bonchev–Trinajstić information content (AvgIpc) is 2.96. The van der Waals surface area contributed by atoms with Gasteiger partial charge in [-0.2, -0.15) is 0 Å². The van der Waals surface area contributed by atoms with Crippen LogP contribution in [0, 0.1) is 6.92 Å². The van der Waals surface area contributed by atoms with Crippen molar-refractivity contribution in [2.45, 2.75) is 56.8 Å². The normalized spacial score (nSPS) is 29.8. The van der Waals surface area contributed by atoms with Gasteiger partial charge in [-0.15, -0.1) is 0 Å². The van der Waals surface area contributed by atoms with Crippen LogP contribution >= 0.6 is 0 Å². The van der Waals surface area contributed by atoms with Crippen molar-refractivity contribution < 1.29 is 19.3 Å². The summed E-state index contributed by atoms with van der Waals surface area (Å²) in [5.41, 5.74) is 0.148. The quantitative estimate of drug-likeness (QED) is 0.802. The smallest absolute Gasteiger partial charge is 0.228 e. The lowest BCUT2D eigenvalue weighted by atomic mass is 9.77. The van der Waals surface area contributed by atoms with Crippen molar-refractivity contribution in [2.24, 2.45) is 0 Å². The van der Waals surface area contributed by atoms with Gasteiger partial charge in [-0.1, -0.05) is 10.3 Å². The average molecular weight is 338 g/mol. The number of likely N-dealkylation sites (tertiary alicyclic amines) is 1. The summed E-state index contributed by atoms with van der Waals surface area (Å²) in [6.45, 7) is 5.21. The number of aliphatic hydroxyl groups is 1. The van der Waals surface area contributed by atoms with Crippen LogP contribution in [0.5, 0.6) is 0 Å². The van der Waals surface area contributed by atoms with Crippen molar-refractivity contribution >= 4 is 5.91 Å². The van der Waals surface area contributed by atoms with Gasteiger partial charge in [0.1, 0.15) is 17.0 Å². The minimum Gasteiger partial charge on any atom is -0.386 e. The highest BCUT2D eigenvalue weighted by Gasteiger charge is 2.48. The van der Waals surface area contributed by atoms with Crippen LogP contribution in [0.2, 0.25) is 0 Å². The molecule has 0 saturated carbocycles. The highest BCUT2D eigenvalue weighted by atomic mass is 16.6. The Morgan fingerprint density at radius 3 is 2.71 bits per heavy atom. The Morgan fingerprint density at radius 2 is 2.12 bits per heavy atom. The summed E-state index contributed by atoms with van der Waals surface area (Å²) in [6, 6.07) is -0.00245. The lowest BCUT2D eigenvalue weighted by molar-refractivity contribution is -0.192. The molecule has 1 aromatic rings. The van der Waals surface area contributed by atoms with Gasteiger partial charge in [0.15, 0.2) is 0 Å². The number of rotatable bonds is 3. The first kappa shape index (κ1) is 17.3. The van der Waals surface area contributed by atoms with Crippen LogP contribution in [-0.4, -0.2) is 70.2 Å². The molecule has 8 nitrogen and oxygen atoms in total. The number of nitrogens with zero attached hydrogens (tertiary/aromatic N) is 3. The van der Waals surface area contributed by atoms with Crippen molar-refractivity contribution in [3.63, 3.8) is 0 Å². The van der Waals surface area contributed by atoms with Crippen LogP contribution < -0.4 is 5.32 Å². The van der Waals surface area contributed by atoms with Crippen LogP contribution in [0.3, 0.4) is 0 Å². The number of hydrogen-bond acceptors (Lipinski definition) is 7. The maximum absolute atomic E-state index is 12.4. The second-order valence-electron chi connectivity index (χ2n) is 7.23. The van der Waals surface area contributed by atoms with E-state index in [1.807, 2.05) is 11.9 Å². The largest absolute Gasteiger partial charge is 0.386 e. The Morgan fingerprint density at radius 1 is 1.42 bits per heavy atom. The molecule has 2 fully saturated rings. The van der Waals surface area contributed by atoms with E-state index in [0.717, 1.165) is 19.3 Å². The number of carbonyl (C=O) groups is 1.